The maximum absolute atomic E-state index is 12.5. The van der Waals surface area contributed by atoms with Gasteiger partial charge in [-0.25, -0.2) is 8.42 Å². The molecular formula is C20H16ClN3O5S. The maximum atomic E-state index is 12.5. The molecule has 30 heavy (non-hydrogen) atoms. The van der Waals surface area contributed by atoms with E-state index in [1.165, 1.54) is 36.4 Å². The summed E-state index contributed by atoms with van der Waals surface area (Å²) in [6.07, 6.45) is 0. The number of sulfonamides is 1. The Labute approximate surface area is 177 Å². The molecule has 0 atom stereocenters. The number of rotatable bonds is 6. The van der Waals surface area contributed by atoms with Crippen molar-refractivity contribution in [1.82, 2.24) is 0 Å². The van der Waals surface area contributed by atoms with Crippen LogP contribution in [0.25, 0.3) is 0 Å². The molecule has 0 radical (unpaired) electrons. The van der Waals surface area contributed by atoms with Crippen LogP contribution in [-0.4, -0.2) is 19.2 Å². The summed E-state index contributed by atoms with van der Waals surface area (Å²) in [5.74, 6) is -0.580. The molecule has 2 N–H and O–H groups in total. The Hall–Kier alpha value is -3.43. The van der Waals surface area contributed by atoms with E-state index in [1.54, 1.807) is 24.3 Å². The molecule has 0 unspecified atom stereocenters. The predicted molar refractivity (Wildman–Crippen MR) is 114 cm³/mol. The zero-order valence-electron chi connectivity index (χ0n) is 15.6. The second-order valence-electron chi connectivity index (χ2n) is 6.37. The van der Waals surface area contributed by atoms with Crippen LogP contribution in [0.4, 0.5) is 17.1 Å². The Balaban J connectivity index is 1.73. The van der Waals surface area contributed by atoms with E-state index in [4.69, 9.17) is 11.6 Å². The number of non-ortho nitro benzene ring substituents is 1. The Morgan fingerprint density at radius 3 is 2.13 bits per heavy atom. The number of anilines is 2. The first kappa shape index (κ1) is 21.3. The van der Waals surface area contributed by atoms with Crippen LogP contribution in [0.15, 0.2) is 71.6 Å². The van der Waals surface area contributed by atoms with Crippen LogP contribution < -0.4 is 10.0 Å². The molecule has 0 aliphatic heterocycles. The number of hydrogen-bond acceptors (Lipinski definition) is 5. The van der Waals surface area contributed by atoms with Crippen molar-refractivity contribution >= 4 is 44.6 Å². The highest BCUT2D eigenvalue weighted by atomic mass is 35.5. The molecule has 0 saturated heterocycles. The lowest BCUT2D eigenvalue weighted by atomic mass is 10.2. The van der Waals surface area contributed by atoms with Gasteiger partial charge in [0.25, 0.3) is 21.6 Å². The summed E-state index contributed by atoms with van der Waals surface area (Å²) in [6.45, 7) is 1.90. The lowest BCUT2D eigenvalue weighted by Crippen LogP contribution is -2.14. The molecule has 0 aliphatic carbocycles. The molecule has 8 nitrogen and oxygen atoms in total. The quantitative estimate of drug-likeness (QED) is 0.424. The molecule has 0 saturated carbocycles. The van der Waals surface area contributed by atoms with Gasteiger partial charge in [-0.1, -0.05) is 29.3 Å². The lowest BCUT2D eigenvalue weighted by molar-refractivity contribution is -0.384. The van der Waals surface area contributed by atoms with Crippen molar-refractivity contribution in [1.29, 1.82) is 0 Å². The molecule has 0 heterocycles. The fraction of sp³-hybridized carbons (Fsp3) is 0.0500. The van der Waals surface area contributed by atoms with Gasteiger partial charge in [0.05, 0.1) is 20.4 Å². The van der Waals surface area contributed by atoms with E-state index in [2.05, 4.69) is 10.0 Å². The molecule has 0 bridgehead atoms. The highest BCUT2D eigenvalue weighted by molar-refractivity contribution is 7.92. The molecule has 3 aromatic rings. The minimum absolute atomic E-state index is 0.0226. The molecule has 0 spiro atoms. The van der Waals surface area contributed by atoms with Crippen LogP contribution >= 0.6 is 11.6 Å². The second-order valence-corrected chi connectivity index (χ2v) is 8.46. The normalized spacial score (nSPS) is 11.0. The summed E-state index contributed by atoms with van der Waals surface area (Å²) < 4.78 is 27.5. The van der Waals surface area contributed by atoms with Gasteiger partial charge in [-0.2, -0.15) is 0 Å². The summed E-state index contributed by atoms with van der Waals surface area (Å²) >= 11 is 5.95. The van der Waals surface area contributed by atoms with Gasteiger partial charge in [-0.05, 0) is 49.4 Å². The van der Waals surface area contributed by atoms with Crippen molar-refractivity contribution in [2.24, 2.45) is 0 Å². The Bertz CT molecular complexity index is 1210. The van der Waals surface area contributed by atoms with Gasteiger partial charge in [0, 0.05) is 23.5 Å². The summed E-state index contributed by atoms with van der Waals surface area (Å²) in [5.41, 5.74) is 1.60. The predicted octanol–water partition coefficient (Wildman–Crippen LogP) is 4.61. The first-order chi connectivity index (χ1) is 14.2. The van der Waals surface area contributed by atoms with Crippen LogP contribution in [0, 0.1) is 17.0 Å². The number of nitro benzene ring substituents is 1. The van der Waals surface area contributed by atoms with E-state index >= 15 is 0 Å². The van der Waals surface area contributed by atoms with Gasteiger partial charge in [-0.3, -0.25) is 19.6 Å². The van der Waals surface area contributed by atoms with Gasteiger partial charge in [0.1, 0.15) is 0 Å². The topological polar surface area (TPSA) is 118 Å². The highest BCUT2D eigenvalue weighted by Gasteiger charge is 2.17. The number of carbonyl (C=O) groups is 1. The monoisotopic (exact) mass is 445 g/mol. The number of aryl methyl sites for hydroxylation is 1. The minimum atomic E-state index is -3.79. The smallest absolute Gasteiger partial charge is 0.270 e. The van der Waals surface area contributed by atoms with Crippen LogP contribution in [0.2, 0.25) is 5.02 Å². The minimum Gasteiger partial charge on any atom is -0.322 e. The average molecular weight is 446 g/mol. The Morgan fingerprint density at radius 1 is 0.967 bits per heavy atom. The molecule has 10 heteroatoms. The van der Waals surface area contributed by atoms with Crippen LogP contribution in [0.5, 0.6) is 0 Å². The number of benzene rings is 3. The first-order valence-corrected chi connectivity index (χ1v) is 10.5. The molecule has 3 aromatic carbocycles. The zero-order valence-corrected chi connectivity index (χ0v) is 17.2. The third kappa shape index (κ3) is 4.94. The van der Waals surface area contributed by atoms with Crippen molar-refractivity contribution in [3.63, 3.8) is 0 Å². The van der Waals surface area contributed by atoms with E-state index in [1.807, 2.05) is 6.92 Å². The number of nitro groups is 1. The van der Waals surface area contributed by atoms with Gasteiger partial charge in [0.15, 0.2) is 0 Å². The average Bonchev–Trinajstić information content (AvgIpc) is 2.69. The highest BCUT2D eigenvalue weighted by Crippen LogP contribution is 2.24. The molecule has 0 aromatic heterocycles. The fourth-order valence-corrected chi connectivity index (χ4v) is 3.87. The largest absolute Gasteiger partial charge is 0.322 e. The zero-order chi connectivity index (χ0) is 21.9. The molecule has 154 valence electrons. The maximum Gasteiger partial charge on any atom is 0.270 e. The molecule has 0 fully saturated rings. The number of nitrogens with one attached hydrogen (secondary N) is 2. The third-order valence-corrected chi connectivity index (χ3v) is 5.84. The van der Waals surface area contributed by atoms with E-state index in [9.17, 15) is 23.3 Å². The van der Waals surface area contributed by atoms with E-state index in [-0.39, 0.29) is 21.2 Å². The van der Waals surface area contributed by atoms with Crippen molar-refractivity contribution in [3.05, 3.63) is 93.0 Å². The molecular weight excluding hydrogens is 430 g/mol. The first-order valence-electron chi connectivity index (χ1n) is 8.60. The van der Waals surface area contributed by atoms with Gasteiger partial charge in [-0.15, -0.1) is 0 Å². The second kappa shape index (κ2) is 8.52. The summed E-state index contributed by atoms with van der Waals surface area (Å²) in [6, 6.07) is 16.0. The third-order valence-electron chi connectivity index (χ3n) is 4.13. The van der Waals surface area contributed by atoms with Crippen molar-refractivity contribution in [2.45, 2.75) is 11.8 Å². The van der Waals surface area contributed by atoms with E-state index in [0.29, 0.717) is 11.4 Å². The van der Waals surface area contributed by atoms with Crippen molar-refractivity contribution in [2.75, 3.05) is 10.0 Å². The molecule has 1 amide bonds. The molecule has 3 rings (SSSR count). The standard InChI is InChI=1S/C20H16ClN3O5S/c1-13-2-4-15(5-3-13)23-30(28,29)17-9-6-14(7-10-17)22-20(25)18-11-8-16(24(26)27)12-19(18)21/h2-12,23H,1H3,(H,22,25). The SMILES string of the molecule is Cc1ccc(NS(=O)(=O)c2ccc(NC(=O)c3ccc([N+](=O)[O-])cc3Cl)cc2)cc1. The van der Waals surface area contributed by atoms with Crippen molar-refractivity contribution < 1.29 is 18.1 Å². The van der Waals surface area contributed by atoms with Crippen molar-refractivity contribution in [3.8, 4) is 0 Å². The molecule has 0 aliphatic rings. The number of carbonyl (C=O) groups excluding carboxylic acids is 1. The van der Waals surface area contributed by atoms with Gasteiger partial charge >= 0.3 is 0 Å². The summed E-state index contributed by atoms with van der Waals surface area (Å²) in [5, 5.41) is 13.3. The van der Waals surface area contributed by atoms with Gasteiger partial charge < -0.3 is 5.32 Å². The number of amides is 1. The number of hydrogen-bond donors (Lipinski definition) is 2. The number of halogens is 1. The summed E-state index contributed by atoms with van der Waals surface area (Å²) in [7, 11) is -3.79. The number of nitrogens with zero attached hydrogens (tertiary/aromatic N) is 1. The lowest BCUT2D eigenvalue weighted by Gasteiger charge is -2.10. The van der Waals surface area contributed by atoms with E-state index in [0.717, 1.165) is 11.6 Å². The van der Waals surface area contributed by atoms with E-state index < -0.39 is 20.9 Å². The van der Waals surface area contributed by atoms with Crippen LogP contribution in [0.3, 0.4) is 0 Å². The van der Waals surface area contributed by atoms with Crippen LogP contribution in [-0.2, 0) is 10.0 Å². The Kier molecular flexibility index (Phi) is 6.04. The van der Waals surface area contributed by atoms with Gasteiger partial charge in [0.2, 0.25) is 0 Å². The summed E-state index contributed by atoms with van der Waals surface area (Å²) in [4.78, 5) is 22.5. The fourth-order valence-electron chi connectivity index (χ4n) is 2.55. The Morgan fingerprint density at radius 2 is 1.57 bits per heavy atom. The van der Waals surface area contributed by atoms with Crippen LogP contribution in [0.1, 0.15) is 15.9 Å².